The second-order valence-corrected chi connectivity index (χ2v) is 10.5. The van der Waals surface area contributed by atoms with Crippen LogP contribution in [0.4, 0.5) is 5.82 Å². The monoisotopic (exact) mass is 457 g/mol. The Hall–Kier alpha value is -2.88. The maximum Gasteiger partial charge on any atom is 0.169 e. The second-order valence-electron chi connectivity index (χ2n) is 10.5. The number of carbonyl (C=O) groups excluding carboxylic acids is 1. The summed E-state index contributed by atoms with van der Waals surface area (Å²) in [6, 6.07) is 19.4. The molecule has 0 spiro atoms. The van der Waals surface area contributed by atoms with Crippen molar-refractivity contribution < 1.29 is 4.79 Å². The minimum atomic E-state index is -0.187. The molecular weight excluding hydrogens is 418 g/mol. The Morgan fingerprint density at radius 3 is 2.29 bits per heavy atom. The lowest BCUT2D eigenvalue weighted by molar-refractivity contribution is 0.0943. The van der Waals surface area contributed by atoms with Crippen LogP contribution in [-0.4, -0.2) is 15.6 Å². The first-order valence-corrected chi connectivity index (χ1v) is 12.8. The Morgan fingerprint density at radius 2 is 1.71 bits per heavy atom. The smallest absolute Gasteiger partial charge is 0.169 e. The molecule has 0 aliphatic carbocycles. The molecule has 1 aromatic heterocycles. The van der Waals surface area contributed by atoms with Crippen LogP contribution in [0.25, 0.3) is 0 Å². The molecule has 0 saturated carbocycles. The molecule has 180 valence electrons. The maximum atomic E-state index is 14.1. The summed E-state index contributed by atoms with van der Waals surface area (Å²) in [6.45, 7) is 13.1. The summed E-state index contributed by atoms with van der Waals surface area (Å²) in [5.74, 6) is 1.08. The van der Waals surface area contributed by atoms with Crippen molar-refractivity contribution in [3.63, 3.8) is 0 Å². The number of rotatable bonds is 8. The second kappa shape index (κ2) is 9.40. The quantitative estimate of drug-likeness (QED) is 0.359. The van der Waals surface area contributed by atoms with Crippen molar-refractivity contribution in [2.75, 3.05) is 5.32 Å². The van der Waals surface area contributed by atoms with Gasteiger partial charge in [0.05, 0.1) is 22.8 Å². The van der Waals surface area contributed by atoms with Gasteiger partial charge < -0.3 is 5.32 Å². The molecular formula is C30H39N3O. The molecule has 4 nitrogen and oxygen atoms in total. The number of benzene rings is 2. The molecule has 3 aromatic rings. The third-order valence-electron chi connectivity index (χ3n) is 7.88. The molecule has 2 heterocycles. The number of ketones is 1. The van der Waals surface area contributed by atoms with Crippen molar-refractivity contribution in [2.45, 2.75) is 90.6 Å². The Bertz CT molecular complexity index is 1140. The average molecular weight is 458 g/mol. The standard InChI is InChI=1S/C30H39N3O/c1-7-24-27(26(34)20-30(8-2,9-3)23-17-15-21(4)16-18-23)28-31-25(22-13-11-10-12-14-22)19-29(5,6)33(28)32-24/h10-18,25,31H,7-9,19-20H2,1-6H3. The molecule has 1 atom stereocenters. The van der Waals surface area contributed by atoms with Crippen LogP contribution in [-0.2, 0) is 17.4 Å². The van der Waals surface area contributed by atoms with E-state index >= 15 is 0 Å². The topological polar surface area (TPSA) is 46.9 Å². The van der Waals surface area contributed by atoms with Crippen LogP contribution >= 0.6 is 0 Å². The van der Waals surface area contributed by atoms with Gasteiger partial charge in [-0.05, 0) is 57.6 Å². The zero-order valence-electron chi connectivity index (χ0n) is 21.6. The van der Waals surface area contributed by atoms with Gasteiger partial charge >= 0.3 is 0 Å². The number of carbonyl (C=O) groups is 1. The number of nitrogens with zero attached hydrogens (tertiary/aromatic N) is 2. The molecule has 1 aliphatic rings. The number of hydrogen-bond acceptors (Lipinski definition) is 3. The van der Waals surface area contributed by atoms with Crippen LogP contribution in [0.3, 0.4) is 0 Å². The first-order valence-electron chi connectivity index (χ1n) is 12.8. The first-order chi connectivity index (χ1) is 16.2. The van der Waals surface area contributed by atoms with Gasteiger partial charge in [-0.15, -0.1) is 0 Å². The number of hydrogen-bond donors (Lipinski definition) is 1. The van der Waals surface area contributed by atoms with Gasteiger partial charge in [-0.1, -0.05) is 80.9 Å². The summed E-state index contributed by atoms with van der Waals surface area (Å²) >= 11 is 0. The van der Waals surface area contributed by atoms with Gasteiger partial charge in [0.15, 0.2) is 5.78 Å². The van der Waals surface area contributed by atoms with E-state index in [2.05, 4.69) is 100 Å². The van der Waals surface area contributed by atoms with E-state index in [9.17, 15) is 4.79 Å². The van der Waals surface area contributed by atoms with Crippen molar-refractivity contribution >= 4 is 11.6 Å². The van der Waals surface area contributed by atoms with Gasteiger partial charge in [0.1, 0.15) is 5.82 Å². The Morgan fingerprint density at radius 1 is 1.06 bits per heavy atom. The molecule has 1 aliphatic heterocycles. The maximum absolute atomic E-state index is 14.1. The normalized spacial score (nSPS) is 17.2. The van der Waals surface area contributed by atoms with Crippen LogP contribution in [0.2, 0.25) is 0 Å². The highest BCUT2D eigenvalue weighted by atomic mass is 16.1. The number of aryl methyl sites for hydroxylation is 2. The summed E-state index contributed by atoms with van der Waals surface area (Å²) in [4.78, 5) is 14.1. The van der Waals surface area contributed by atoms with Gasteiger partial charge in [0.2, 0.25) is 0 Å². The number of nitrogens with one attached hydrogen (secondary N) is 1. The summed E-state index contributed by atoms with van der Waals surface area (Å²) in [5.41, 5.74) is 5.07. The Kier molecular flexibility index (Phi) is 6.71. The van der Waals surface area contributed by atoms with E-state index < -0.39 is 0 Å². The van der Waals surface area contributed by atoms with Crippen LogP contribution in [0.15, 0.2) is 54.6 Å². The number of aromatic nitrogens is 2. The summed E-state index contributed by atoms with van der Waals surface area (Å²) in [6.07, 6.45) is 4.00. The molecule has 2 aromatic carbocycles. The predicted octanol–water partition coefficient (Wildman–Crippen LogP) is 7.38. The number of fused-ring (bicyclic) bond motifs is 1. The highest BCUT2D eigenvalue weighted by Gasteiger charge is 2.40. The van der Waals surface area contributed by atoms with E-state index in [1.807, 2.05) is 6.07 Å². The molecule has 4 rings (SSSR count). The fraction of sp³-hybridized carbons (Fsp3) is 0.467. The van der Waals surface area contributed by atoms with E-state index in [4.69, 9.17) is 5.10 Å². The van der Waals surface area contributed by atoms with Crippen LogP contribution in [0.1, 0.15) is 99.1 Å². The molecule has 34 heavy (non-hydrogen) atoms. The van der Waals surface area contributed by atoms with E-state index in [1.165, 1.54) is 16.7 Å². The lowest BCUT2D eigenvalue weighted by atomic mass is 9.71. The molecule has 1 unspecified atom stereocenters. The van der Waals surface area contributed by atoms with E-state index in [1.54, 1.807) is 0 Å². The van der Waals surface area contributed by atoms with Crippen molar-refractivity contribution in [3.05, 3.63) is 82.5 Å². The fourth-order valence-corrected chi connectivity index (χ4v) is 5.58. The van der Waals surface area contributed by atoms with Crippen molar-refractivity contribution in [2.24, 2.45) is 0 Å². The number of anilines is 1. The lowest BCUT2D eigenvalue weighted by Gasteiger charge is -2.38. The predicted molar refractivity (Wildman–Crippen MR) is 141 cm³/mol. The summed E-state index contributed by atoms with van der Waals surface area (Å²) < 4.78 is 2.07. The van der Waals surface area contributed by atoms with Crippen LogP contribution in [0.5, 0.6) is 0 Å². The molecule has 4 heteroatoms. The van der Waals surface area contributed by atoms with Crippen molar-refractivity contribution in [1.82, 2.24) is 9.78 Å². The van der Waals surface area contributed by atoms with E-state index in [0.717, 1.165) is 42.8 Å². The zero-order valence-corrected chi connectivity index (χ0v) is 21.6. The van der Waals surface area contributed by atoms with Gasteiger partial charge in [-0.3, -0.25) is 4.79 Å². The lowest BCUT2D eigenvalue weighted by Crippen LogP contribution is -2.38. The Balaban J connectivity index is 1.75. The largest absolute Gasteiger partial charge is 0.363 e. The summed E-state index contributed by atoms with van der Waals surface area (Å²) in [5, 5.41) is 8.69. The van der Waals surface area contributed by atoms with E-state index in [-0.39, 0.29) is 22.8 Å². The molecule has 0 saturated heterocycles. The molecule has 1 N–H and O–H groups in total. The van der Waals surface area contributed by atoms with Gasteiger partial charge in [0.25, 0.3) is 0 Å². The van der Waals surface area contributed by atoms with E-state index in [0.29, 0.717) is 6.42 Å². The van der Waals surface area contributed by atoms with Crippen LogP contribution in [0, 0.1) is 6.92 Å². The molecule has 0 amide bonds. The summed E-state index contributed by atoms with van der Waals surface area (Å²) in [7, 11) is 0. The highest BCUT2D eigenvalue weighted by molar-refractivity contribution is 6.02. The SMILES string of the molecule is CCc1nn2c(c1C(=O)CC(CC)(CC)c1ccc(C)cc1)NC(c1ccccc1)CC2(C)C. The van der Waals surface area contributed by atoms with Crippen LogP contribution < -0.4 is 5.32 Å². The minimum absolute atomic E-state index is 0.149. The number of Topliss-reactive ketones (excluding diaryl/α,β-unsaturated/α-hetero) is 1. The highest BCUT2D eigenvalue weighted by Crippen LogP contribution is 2.43. The third kappa shape index (κ3) is 4.31. The third-order valence-corrected chi connectivity index (χ3v) is 7.88. The molecule has 0 fully saturated rings. The average Bonchev–Trinajstić information content (AvgIpc) is 3.23. The fourth-order valence-electron chi connectivity index (χ4n) is 5.58. The molecule has 0 bridgehead atoms. The van der Waals surface area contributed by atoms with Crippen molar-refractivity contribution in [3.8, 4) is 0 Å². The van der Waals surface area contributed by atoms with Gasteiger partial charge in [-0.25, -0.2) is 4.68 Å². The van der Waals surface area contributed by atoms with Gasteiger partial charge in [0, 0.05) is 11.8 Å². The minimum Gasteiger partial charge on any atom is -0.363 e. The Labute approximate surface area is 204 Å². The first kappa shape index (κ1) is 24.3. The van der Waals surface area contributed by atoms with Crippen molar-refractivity contribution in [1.29, 1.82) is 0 Å². The molecule has 0 radical (unpaired) electrons. The van der Waals surface area contributed by atoms with Gasteiger partial charge in [-0.2, -0.15) is 5.10 Å². The zero-order chi connectivity index (χ0) is 24.5.